The molecule has 44 heavy (non-hydrogen) atoms. The number of oxazole rings is 1. The van der Waals surface area contributed by atoms with Gasteiger partial charge in [0.25, 0.3) is 0 Å². The summed E-state index contributed by atoms with van der Waals surface area (Å²) in [5, 5.41) is 7.34. The van der Waals surface area contributed by atoms with E-state index in [2.05, 4.69) is 60.7 Å². The first-order valence-corrected chi connectivity index (χ1v) is 14.5. The summed E-state index contributed by atoms with van der Waals surface area (Å²) in [5.74, 6) is 1.04. The van der Waals surface area contributed by atoms with Crippen LogP contribution in [0, 0.1) is 0 Å². The van der Waals surface area contributed by atoms with Gasteiger partial charge in [-0.1, -0.05) is 24.8 Å². The van der Waals surface area contributed by atoms with E-state index >= 15 is 0 Å². The fourth-order valence-electron chi connectivity index (χ4n) is 5.87. The summed E-state index contributed by atoms with van der Waals surface area (Å²) in [7, 11) is 7.80. The first-order chi connectivity index (χ1) is 21.4. The van der Waals surface area contributed by atoms with Crippen LogP contribution in [-0.2, 0) is 11.8 Å². The molecule has 1 amide bonds. The van der Waals surface area contributed by atoms with Crippen LogP contribution in [-0.4, -0.2) is 70.7 Å². The molecule has 1 unspecified atom stereocenters. The SMILES string of the molecule is C=CC(=O)Nc1cc(Nc2ncc(-c3ncco3)c(-c3cn(C)c4ccccc34)n2)c(OC)cc1N(C)CC1CCCN1C. The molecule has 5 aromatic rings. The normalized spacial score (nSPS) is 15.0. The number of likely N-dealkylation sites (N-methyl/N-ethyl adjacent to an activating group) is 2. The number of anilines is 4. The van der Waals surface area contributed by atoms with Crippen LogP contribution in [0.3, 0.4) is 0 Å². The molecule has 3 aromatic heterocycles. The van der Waals surface area contributed by atoms with Gasteiger partial charge in [-0.3, -0.25) is 4.79 Å². The number of ether oxygens (including phenoxy) is 1. The number of methoxy groups -OCH3 is 1. The van der Waals surface area contributed by atoms with E-state index in [9.17, 15) is 4.79 Å². The number of carbonyl (C=O) groups excluding carboxylic acids is 1. The predicted molar refractivity (Wildman–Crippen MR) is 173 cm³/mol. The number of para-hydroxylation sites is 1. The summed E-state index contributed by atoms with van der Waals surface area (Å²) in [6.07, 6.45) is 10.4. The van der Waals surface area contributed by atoms with E-state index in [-0.39, 0.29) is 5.91 Å². The van der Waals surface area contributed by atoms with Gasteiger partial charge in [-0.25, -0.2) is 15.0 Å². The Bertz CT molecular complexity index is 1810. The Balaban J connectivity index is 1.41. The number of hydrogen-bond acceptors (Lipinski definition) is 9. The second kappa shape index (κ2) is 12.2. The van der Waals surface area contributed by atoms with Crippen molar-refractivity contribution < 1.29 is 13.9 Å². The Hall–Kier alpha value is -5.16. The van der Waals surface area contributed by atoms with Crippen LogP contribution in [0.2, 0.25) is 0 Å². The van der Waals surface area contributed by atoms with Crippen molar-refractivity contribution in [2.24, 2.45) is 7.05 Å². The number of aromatic nitrogens is 4. The Morgan fingerprint density at radius 2 is 2.05 bits per heavy atom. The van der Waals surface area contributed by atoms with Gasteiger partial charge in [-0.05, 0) is 44.6 Å². The highest BCUT2D eigenvalue weighted by molar-refractivity contribution is 6.02. The van der Waals surface area contributed by atoms with Crippen molar-refractivity contribution in [3.8, 4) is 28.5 Å². The molecule has 2 aromatic carbocycles. The van der Waals surface area contributed by atoms with Gasteiger partial charge in [0.2, 0.25) is 17.7 Å². The minimum Gasteiger partial charge on any atom is -0.494 e. The predicted octanol–water partition coefficient (Wildman–Crippen LogP) is 5.70. The molecule has 2 N–H and O–H groups in total. The molecule has 11 heteroatoms. The summed E-state index contributed by atoms with van der Waals surface area (Å²) < 4.78 is 13.5. The molecule has 6 rings (SSSR count). The summed E-state index contributed by atoms with van der Waals surface area (Å²) in [6.45, 7) is 5.52. The maximum atomic E-state index is 12.5. The van der Waals surface area contributed by atoms with Crippen LogP contribution < -0.4 is 20.3 Å². The molecule has 0 bridgehead atoms. The molecule has 1 aliphatic heterocycles. The van der Waals surface area contributed by atoms with E-state index in [1.807, 2.05) is 44.6 Å². The Morgan fingerprint density at radius 1 is 1.20 bits per heavy atom. The van der Waals surface area contributed by atoms with Gasteiger partial charge in [0.1, 0.15) is 12.0 Å². The Kier molecular flexibility index (Phi) is 8.03. The number of aryl methyl sites for hydroxylation is 1. The molecule has 1 fully saturated rings. The molecular formula is C33H36N8O3. The largest absolute Gasteiger partial charge is 0.494 e. The molecule has 11 nitrogen and oxygen atoms in total. The van der Waals surface area contributed by atoms with Gasteiger partial charge >= 0.3 is 0 Å². The number of amides is 1. The third-order valence-electron chi connectivity index (χ3n) is 8.18. The lowest BCUT2D eigenvalue weighted by Gasteiger charge is -2.29. The van der Waals surface area contributed by atoms with Crippen LogP contribution >= 0.6 is 0 Å². The molecule has 4 heterocycles. The fourth-order valence-corrected chi connectivity index (χ4v) is 5.87. The van der Waals surface area contributed by atoms with E-state index in [1.54, 1.807) is 19.5 Å². The highest BCUT2D eigenvalue weighted by Crippen LogP contribution is 2.40. The number of likely N-dealkylation sites (tertiary alicyclic amines) is 1. The zero-order valence-electron chi connectivity index (χ0n) is 25.4. The van der Waals surface area contributed by atoms with E-state index in [0.29, 0.717) is 46.3 Å². The van der Waals surface area contributed by atoms with Crippen LogP contribution in [0.25, 0.3) is 33.6 Å². The third-order valence-corrected chi connectivity index (χ3v) is 8.18. The molecular weight excluding hydrogens is 556 g/mol. The van der Waals surface area contributed by atoms with Crippen LogP contribution in [0.5, 0.6) is 5.75 Å². The maximum absolute atomic E-state index is 12.5. The molecule has 1 saturated heterocycles. The minimum absolute atomic E-state index is 0.307. The fraction of sp³-hybridized carbons (Fsp3) is 0.273. The monoisotopic (exact) mass is 592 g/mol. The zero-order chi connectivity index (χ0) is 30.8. The minimum atomic E-state index is -0.307. The average molecular weight is 593 g/mol. The van der Waals surface area contributed by atoms with Crippen molar-refractivity contribution in [2.45, 2.75) is 18.9 Å². The second-order valence-corrected chi connectivity index (χ2v) is 11.0. The third kappa shape index (κ3) is 5.61. The Morgan fingerprint density at radius 3 is 2.77 bits per heavy atom. The number of nitrogens with zero attached hydrogens (tertiary/aromatic N) is 6. The molecule has 0 saturated carbocycles. The van der Waals surface area contributed by atoms with E-state index < -0.39 is 0 Å². The first kappa shape index (κ1) is 28.9. The van der Waals surface area contributed by atoms with Gasteiger partial charge in [0, 0.05) is 61.6 Å². The van der Waals surface area contributed by atoms with Crippen LogP contribution in [0.1, 0.15) is 12.8 Å². The lowest BCUT2D eigenvalue weighted by atomic mass is 10.1. The summed E-state index contributed by atoms with van der Waals surface area (Å²) in [4.78, 5) is 31.0. The lowest BCUT2D eigenvalue weighted by molar-refractivity contribution is -0.111. The van der Waals surface area contributed by atoms with Crippen molar-refractivity contribution in [3.05, 3.63) is 73.9 Å². The number of carbonyl (C=O) groups is 1. The molecule has 1 aliphatic rings. The molecule has 1 atom stereocenters. The number of benzene rings is 2. The molecule has 0 radical (unpaired) electrons. The molecule has 0 aliphatic carbocycles. The van der Waals surface area contributed by atoms with Gasteiger partial charge < -0.3 is 34.2 Å². The van der Waals surface area contributed by atoms with Crippen LogP contribution in [0.15, 0.2) is 78.3 Å². The molecule has 226 valence electrons. The van der Waals surface area contributed by atoms with Gasteiger partial charge in [-0.2, -0.15) is 0 Å². The Labute approximate surface area is 256 Å². The second-order valence-electron chi connectivity index (χ2n) is 11.0. The average Bonchev–Trinajstić information content (AvgIpc) is 3.79. The van der Waals surface area contributed by atoms with E-state index in [0.717, 1.165) is 41.7 Å². The summed E-state index contributed by atoms with van der Waals surface area (Å²) in [6, 6.07) is 12.3. The number of rotatable bonds is 10. The zero-order valence-corrected chi connectivity index (χ0v) is 25.4. The van der Waals surface area contributed by atoms with Crippen LogP contribution in [0.4, 0.5) is 23.0 Å². The van der Waals surface area contributed by atoms with Gasteiger partial charge in [0.05, 0.1) is 41.6 Å². The number of fused-ring (bicyclic) bond motifs is 1. The highest BCUT2D eigenvalue weighted by atomic mass is 16.5. The topological polar surface area (TPSA) is 114 Å². The smallest absolute Gasteiger partial charge is 0.247 e. The lowest BCUT2D eigenvalue weighted by Crippen LogP contribution is -2.37. The van der Waals surface area contributed by atoms with Gasteiger partial charge in [-0.15, -0.1) is 0 Å². The van der Waals surface area contributed by atoms with Gasteiger partial charge in [0.15, 0.2) is 0 Å². The quantitative estimate of drug-likeness (QED) is 0.197. The number of hydrogen-bond donors (Lipinski definition) is 2. The van der Waals surface area contributed by atoms with E-state index in [4.69, 9.17) is 14.1 Å². The maximum Gasteiger partial charge on any atom is 0.247 e. The standard InChI is InChI=1S/C33H36N8O3/c1-6-30(42)36-25-16-26(29(43-5)17-28(25)40(3)19-21-10-9-14-39(21)2)37-33-35-18-23(32-34-13-15-44-32)31(38-33)24-20-41(4)27-12-8-7-11-22(24)27/h6-8,11-13,15-18,20-21H,1,9-10,14,19H2,2-5H3,(H,36,42)(H,35,37,38). The first-order valence-electron chi connectivity index (χ1n) is 14.5. The summed E-state index contributed by atoms with van der Waals surface area (Å²) in [5.41, 5.74) is 5.36. The van der Waals surface area contributed by atoms with Crippen molar-refractivity contribution in [2.75, 3.05) is 49.8 Å². The highest BCUT2D eigenvalue weighted by Gasteiger charge is 2.25. The number of nitrogens with one attached hydrogen (secondary N) is 2. The summed E-state index contributed by atoms with van der Waals surface area (Å²) >= 11 is 0. The van der Waals surface area contributed by atoms with E-state index in [1.165, 1.54) is 18.8 Å². The van der Waals surface area contributed by atoms with Crippen molar-refractivity contribution in [3.63, 3.8) is 0 Å². The van der Waals surface area contributed by atoms with Crippen molar-refractivity contribution in [1.29, 1.82) is 0 Å². The van der Waals surface area contributed by atoms with Crippen molar-refractivity contribution in [1.82, 2.24) is 24.4 Å². The van der Waals surface area contributed by atoms with Crippen molar-refractivity contribution >= 4 is 39.8 Å². The molecule has 0 spiro atoms.